The Bertz CT molecular complexity index is 1020. The second kappa shape index (κ2) is 9.36. The number of rotatable bonds is 6. The Hall–Kier alpha value is -3.16. The van der Waals surface area contributed by atoms with E-state index in [4.69, 9.17) is 11.6 Å². The van der Waals surface area contributed by atoms with Crippen molar-refractivity contribution < 1.29 is 14.4 Å². The van der Waals surface area contributed by atoms with E-state index in [1.807, 2.05) is 0 Å². The Morgan fingerprint density at radius 3 is 2.14 bits per heavy atom. The summed E-state index contributed by atoms with van der Waals surface area (Å²) in [6.07, 6.45) is 0. The number of carbonyl (C=O) groups excluding carboxylic acids is 3. The van der Waals surface area contributed by atoms with Gasteiger partial charge < -0.3 is 16.0 Å². The average molecular weight is 428 g/mol. The van der Waals surface area contributed by atoms with E-state index in [0.717, 1.165) is 0 Å². The zero-order valence-electron chi connectivity index (χ0n) is 15.4. The van der Waals surface area contributed by atoms with E-state index in [2.05, 4.69) is 16.0 Å². The monoisotopic (exact) mass is 427 g/mol. The Kier molecular flexibility index (Phi) is 6.64. The van der Waals surface area contributed by atoms with Gasteiger partial charge in [-0.1, -0.05) is 29.8 Å². The molecule has 1 heterocycles. The number of benzene rings is 2. The molecule has 0 aliphatic rings. The highest BCUT2D eigenvalue weighted by Crippen LogP contribution is 2.22. The molecule has 29 heavy (non-hydrogen) atoms. The average Bonchev–Trinajstić information content (AvgIpc) is 3.25. The normalized spacial score (nSPS) is 11.4. The number of hydrogen-bond donors (Lipinski definition) is 3. The van der Waals surface area contributed by atoms with E-state index in [9.17, 15) is 14.4 Å². The smallest absolute Gasteiger partial charge is 0.261 e. The van der Waals surface area contributed by atoms with Gasteiger partial charge in [-0.25, -0.2) is 0 Å². The summed E-state index contributed by atoms with van der Waals surface area (Å²) in [5.41, 5.74) is 1.31. The molecule has 1 aromatic heterocycles. The minimum Gasteiger partial charge on any atom is -0.340 e. The SMILES string of the molecule is CC(NC(=O)c1cccs1)C(=O)Nc1ccccc1NC(=O)c1ccc(Cl)cc1. The van der Waals surface area contributed by atoms with Crippen LogP contribution in [0.15, 0.2) is 66.0 Å². The summed E-state index contributed by atoms with van der Waals surface area (Å²) in [4.78, 5) is 37.6. The predicted molar refractivity (Wildman–Crippen MR) is 116 cm³/mol. The number of carbonyl (C=O) groups is 3. The number of amides is 3. The molecule has 148 valence electrons. The van der Waals surface area contributed by atoms with Gasteiger partial charge in [-0.05, 0) is 54.8 Å². The van der Waals surface area contributed by atoms with Crippen LogP contribution in [0.5, 0.6) is 0 Å². The van der Waals surface area contributed by atoms with Gasteiger partial charge in [-0.3, -0.25) is 14.4 Å². The Balaban J connectivity index is 1.66. The Morgan fingerprint density at radius 1 is 0.862 bits per heavy atom. The molecular formula is C21H18ClN3O3S. The molecule has 3 rings (SSSR count). The van der Waals surface area contributed by atoms with Crippen molar-refractivity contribution in [2.24, 2.45) is 0 Å². The van der Waals surface area contributed by atoms with E-state index in [-0.39, 0.29) is 11.8 Å². The fourth-order valence-corrected chi connectivity index (χ4v) is 3.23. The minimum absolute atomic E-state index is 0.313. The maximum atomic E-state index is 12.5. The lowest BCUT2D eigenvalue weighted by Gasteiger charge is -2.16. The molecule has 0 radical (unpaired) electrons. The Morgan fingerprint density at radius 2 is 1.52 bits per heavy atom. The highest BCUT2D eigenvalue weighted by molar-refractivity contribution is 7.12. The third-order valence-corrected chi connectivity index (χ3v) is 5.15. The fourth-order valence-electron chi connectivity index (χ4n) is 2.48. The molecule has 0 fully saturated rings. The lowest BCUT2D eigenvalue weighted by molar-refractivity contribution is -0.117. The van der Waals surface area contributed by atoms with Gasteiger partial charge in [-0.2, -0.15) is 0 Å². The highest BCUT2D eigenvalue weighted by atomic mass is 35.5. The summed E-state index contributed by atoms with van der Waals surface area (Å²) in [6.45, 7) is 1.59. The van der Waals surface area contributed by atoms with Gasteiger partial charge in [0.15, 0.2) is 0 Å². The summed E-state index contributed by atoms with van der Waals surface area (Å²) in [5, 5.41) is 10.5. The number of anilines is 2. The molecule has 0 spiro atoms. The van der Waals surface area contributed by atoms with E-state index in [1.165, 1.54) is 11.3 Å². The summed E-state index contributed by atoms with van der Waals surface area (Å²) < 4.78 is 0. The van der Waals surface area contributed by atoms with E-state index < -0.39 is 11.9 Å². The zero-order valence-corrected chi connectivity index (χ0v) is 17.0. The van der Waals surface area contributed by atoms with Crippen LogP contribution in [0.1, 0.15) is 27.0 Å². The molecule has 1 atom stereocenters. The summed E-state index contributed by atoms with van der Waals surface area (Å²) in [6, 6.07) is 16.0. The van der Waals surface area contributed by atoms with Crippen molar-refractivity contribution in [3.05, 3.63) is 81.5 Å². The molecule has 2 aromatic carbocycles. The van der Waals surface area contributed by atoms with Gasteiger partial charge in [0.05, 0.1) is 16.3 Å². The highest BCUT2D eigenvalue weighted by Gasteiger charge is 2.18. The lowest BCUT2D eigenvalue weighted by atomic mass is 10.2. The lowest BCUT2D eigenvalue weighted by Crippen LogP contribution is -2.41. The van der Waals surface area contributed by atoms with Crippen LogP contribution >= 0.6 is 22.9 Å². The van der Waals surface area contributed by atoms with Crippen molar-refractivity contribution in [2.45, 2.75) is 13.0 Å². The first-order valence-corrected chi connectivity index (χ1v) is 10.0. The molecule has 0 saturated heterocycles. The maximum absolute atomic E-state index is 12.5. The number of para-hydroxylation sites is 2. The van der Waals surface area contributed by atoms with Crippen molar-refractivity contribution in [3.63, 3.8) is 0 Å². The summed E-state index contributed by atoms with van der Waals surface area (Å²) in [5.74, 6) is -1.04. The number of nitrogens with one attached hydrogen (secondary N) is 3. The molecular weight excluding hydrogens is 410 g/mol. The molecule has 3 aromatic rings. The number of halogens is 1. The summed E-state index contributed by atoms with van der Waals surface area (Å²) in [7, 11) is 0. The van der Waals surface area contributed by atoms with Gasteiger partial charge >= 0.3 is 0 Å². The maximum Gasteiger partial charge on any atom is 0.261 e. The van der Waals surface area contributed by atoms with Crippen LogP contribution in [0, 0.1) is 0 Å². The second-order valence-electron chi connectivity index (χ2n) is 6.17. The molecule has 0 saturated carbocycles. The first-order chi connectivity index (χ1) is 13.9. The van der Waals surface area contributed by atoms with Crippen molar-refractivity contribution in [2.75, 3.05) is 10.6 Å². The van der Waals surface area contributed by atoms with Gasteiger partial charge in [0.25, 0.3) is 11.8 Å². The van der Waals surface area contributed by atoms with Gasteiger partial charge in [0.2, 0.25) is 5.91 Å². The van der Waals surface area contributed by atoms with Crippen LogP contribution in [-0.4, -0.2) is 23.8 Å². The van der Waals surface area contributed by atoms with Crippen LogP contribution < -0.4 is 16.0 Å². The van der Waals surface area contributed by atoms with E-state index in [1.54, 1.807) is 73.0 Å². The summed E-state index contributed by atoms with van der Waals surface area (Å²) >= 11 is 7.15. The first-order valence-electron chi connectivity index (χ1n) is 8.75. The van der Waals surface area contributed by atoms with Crippen LogP contribution in [0.2, 0.25) is 5.02 Å². The molecule has 3 amide bonds. The van der Waals surface area contributed by atoms with Crippen LogP contribution in [0.4, 0.5) is 11.4 Å². The van der Waals surface area contributed by atoms with Gasteiger partial charge in [-0.15, -0.1) is 11.3 Å². The van der Waals surface area contributed by atoms with E-state index in [0.29, 0.717) is 26.8 Å². The fraction of sp³-hybridized carbons (Fsp3) is 0.0952. The molecule has 1 unspecified atom stereocenters. The standard InChI is InChI=1S/C21H18ClN3O3S/c1-13(23-21(28)18-7-4-12-29-18)19(26)24-16-5-2-3-6-17(16)25-20(27)14-8-10-15(22)11-9-14/h2-13H,1H3,(H,23,28)(H,24,26)(H,25,27). The van der Waals surface area contributed by atoms with Crippen molar-refractivity contribution in [1.82, 2.24) is 5.32 Å². The van der Waals surface area contributed by atoms with Crippen LogP contribution in [-0.2, 0) is 4.79 Å². The quantitative estimate of drug-likeness (QED) is 0.544. The first kappa shape index (κ1) is 20.6. The topological polar surface area (TPSA) is 87.3 Å². The van der Waals surface area contributed by atoms with Gasteiger partial charge in [0.1, 0.15) is 6.04 Å². The second-order valence-corrected chi connectivity index (χ2v) is 7.55. The number of hydrogen-bond acceptors (Lipinski definition) is 4. The minimum atomic E-state index is -0.760. The molecule has 0 aliphatic heterocycles. The zero-order chi connectivity index (χ0) is 20.8. The van der Waals surface area contributed by atoms with Gasteiger partial charge in [0, 0.05) is 10.6 Å². The van der Waals surface area contributed by atoms with Crippen LogP contribution in [0.3, 0.4) is 0 Å². The predicted octanol–water partition coefficient (Wildman–Crippen LogP) is 4.41. The molecule has 8 heteroatoms. The number of thiophene rings is 1. The third kappa shape index (κ3) is 5.43. The van der Waals surface area contributed by atoms with E-state index >= 15 is 0 Å². The van der Waals surface area contributed by atoms with Crippen molar-refractivity contribution in [3.8, 4) is 0 Å². The molecule has 0 aliphatic carbocycles. The van der Waals surface area contributed by atoms with Crippen LogP contribution in [0.25, 0.3) is 0 Å². The van der Waals surface area contributed by atoms with Crippen molar-refractivity contribution in [1.29, 1.82) is 0 Å². The molecule has 0 bridgehead atoms. The molecule has 3 N–H and O–H groups in total. The molecule has 6 nitrogen and oxygen atoms in total. The van der Waals surface area contributed by atoms with Crippen molar-refractivity contribution >= 4 is 52.0 Å². The largest absolute Gasteiger partial charge is 0.340 e. The third-order valence-electron chi connectivity index (χ3n) is 4.03. The Labute approximate surface area is 176 Å².